The first-order valence-electron chi connectivity index (χ1n) is 6.62. The van der Waals surface area contributed by atoms with Crippen molar-refractivity contribution in [1.82, 2.24) is 15.6 Å². The number of hydrogen-bond donors (Lipinski definition) is 2. The van der Waals surface area contributed by atoms with Crippen LogP contribution in [0.4, 0.5) is 0 Å². The highest BCUT2D eigenvalue weighted by Crippen LogP contribution is 2.13. The summed E-state index contributed by atoms with van der Waals surface area (Å²) in [6.45, 7) is 6.21. The van der Waals surface area contributed by atoms with Crippen molar-refractivity contribution in [3.05, 3.63) is 16.1 Å². The molecular weight excluding hydrogens is 246 g/mol. The molecule has 1 fully saturated rings. The molecule has 2 unspecified atom stereocenters. The molecule has 1 amide bonds. The van der Waals surface area contributed by atoms with Gasteiger partial charge in [0, 0.05) is 18.0 Å². The fourth-order valence-corrected chi connectivity index (χ4v) is 2.94. The van der Waals surface area contributed by atoms with Crippen molar-refractivity contribution in [3.63, 3.8) is 0 Å². The predicted octanol–water partition coefficient (Wildman–Crippen LogP) is 1.36. The zero-order valence-corrected chi connectivity index (χ0v) is 11.8. The Kier molecular flexibility index (Phi) is 4.72. The molecule has 0 bridgehead atoms. The van der Waals surface area contributed by atoms with Gasteiger partial charge in [-0.3, -0.25) is 4.79 Å². The lowest BCUT2D eigenvalue weighted by Crippen LogP contribution is -2.50. The van der Waals surface area contributed by atoms with Crippen LogP contribution in [0.15, 0.2) is 5.38 Å². The molecule has 0 aliphatic carbocycles. The Morgan fingerprint density at radius 1 is 1.67 bits per heavy atom. The van der Waals surface area contributed by atoms with Crippen LogP contribution < -0.4 is 10.6 Å². The number of amides is 1. The van der Waals surface area contributed by atoms with Crippen molar-refractivity contribution in [2.45, 2.75) is 39.2 Å². The van der Waals surface area contributed by atoms with Gasteiger partial charge in [-0.1, -0.05) is 13.8 Å². The van der Waals surface area contributed by atoms with E-state index in [1.165, 1.54) is 0 Å². The summed E-state index contributed by atoms with van der Waals surface area (Å²) in [6, 6.07) is 0.260. The average molecular weight is 267 g/mol. The van der Waals surface area contributed by atoms with Gasteiger partial charge >= 0.3 is 0 Å². The monoisotopic (exact) mass is 267 g/mol. The van der Waals surface area contributed by atoms with Gasteiger partial charge in [0.05, 0.1) is 17.1 Å². The number of nitrogens with one attached hydrogen (secondary N) is 2. The molecule has 1 aromatic rings. The molecule has 2 N–H and O–H groups in total. The second-order valence-electron chi connectivity index (χ2n) is 4.91. The molecule has 0 aromatic carbocycles. The van der Waals surface area contributed by atoms with Gasteiger partial charge in [0.25, 0.3) is 0 Å². The maximum Gasteiger partial charge on any atom is 0.226 e. The second-order valence-corrected chi connectivity index (χ2v) is 5.85. The standard InChI is InChI=1S/C13H21N3OS/c1-3-13-15-10(8-18-13)6-12(17)16-11-7-14-5-4-9(11)2/h8-9,11,14H,3-7H2,1-2H3,(H,16,17). The van der Waals surface area contributed by atoms with Crippen molar-refractivity contribution >= 4 is 17.2 Å². The normalized spacial score (nSPS) is 23.9. The van der Waals surface area contributed by atoms with Crippen LogP contribution in [-0.2, 0) is 17.6 Å². The van der Waals surface area contributed by atoms with Crippen LogP contribution in [0.3, 0.4) is 0 Å². The van der Waals surface area contributed by atoms with Crippen LogP contribution >= 0.6 is 11.3 Å². The topological polar surface area (TPSA) is 54.0 Å². The number of carbonyl (C=O) groups excluding carboxylic acids is 1. The maximum absolute atomic E-state index is 11.9. The molecule has 5 heteroatoms. The lowest BCUT2D eigenvalue weighted by Gasteiger charge is -2.30. The van der Waals surface area contributed by atoms with E-state index < -0.39 is 0 Å². The quantitative estimate of drug-likeness (QED) is 0.866. The van der Waals surface area contributed by atoms with Crippen LogP contribution in [0.2, 0.25) is 0 Å². The Labute approximate surface area is 112 Å². The van der Waals surface area contributed by atoms with Gasteiger partial charge in [-0.05, 0) is 25.3 Å². The summed E-state index contributed by atoms with van der Waals surface area (Å²) in [6.07, 6.45) is 2.47. The third-order valence-corrected chi connectivity index (χ3v) is 4.46. The zero-order valence-electron chi connectivity index (χ0n) is 11.0. The smallest absolute Gasteiger partial charge is 0.226 e. The van der Waals surface area contributed by atoms with Gasteiger partial charge in [-0.25, -0.2) is 4.98 Å². The Balaban J connectivity index is 1.84. The minimum absolute atomic E-state index is 0.0866. The van der Waals surface area contributed by atoms with Gasteiger partial charge in [0.2, 0.25) is 5.91 Å². The van der Waals surface area contributed by atoms with Crippen molar-refractivity contribution < 1.29 is 4.79 Å². The second kappa shape index (κ2) is 6.29. The molecule has 4 nitrogen and oxygen atoms in total. The van der Waals surface area contributed by atoms with Gasteiger partial charge in [0.1, 0.15) is 0 Å². The summed E-state index contributed by atoms with van der Waals surface area (Å²) in [5.41, 5.74) is 0.894. The largest absolute Gasteiger partial charge is 0.351 e. The number of nitrogens with zero attached hydrogens (tertiary/aromatic N) is 1. The number of rotatable bonds is 4. The highest BCUT2D eigenvalue weighted by molar-refractivity contribution is 7.09. The lowest BCUT2D eigenvalue weighted by molar-refractivity contribution is -0.121. The fourth-order valence-electron chi connectivity index (χ4n) is 2.20. The van der Waals surface area contributed by atoms with E-state index in [9.17, 15) is 4.79 Å². The van der Waals surface area contributed by atoms with Gasteiger partial charge in [-0.15, -0.1) is 11.3 Å². The van der Waals surface area contributed by atoms with Crippen LogP contribution in [0.25, 0.3) is 0 Å². The summed E-state index contributed by atoms with van der Waals surface area (Å²) in [4.78, 5) is 16.4. The molecule has 0 saturated carbocycles. The molecule has 0 spiro atoms. The molecule has 0 radical (unpaired) electrons. The van der Waals surface area contributed by atoms with E-state index in [4.69, 9.17) is 0 Å². The minimum Gasteiger partial charge on any atom is -0.351 e. The van der Waals surface area contributed by atoms with E-state index in [0.717, 1.165) is 36.6 Å². The summed E-state index contributed by atoms with van der Waals surface area (Å²) in [5, 5.41) is 9.52. The highest BCUT2D eigenvalue weighted by Gasteiger charge is 2.22. The number of carbonyl (C=O) groups is 1. The van der Waals surface area contributed by atoms with E-state index in [2.05, 4.69) is 29.5 Å². The van der Waals surface area contributed by atoms with E-state index in [1.807, 2.05) is 5.38 Å². The number of aromatic nitrogens is 1. The molecule has 100 valence electrons. The van der Waals surface area contributed by atoms with Crippen molar-refractivity contribution in [3.8, 4) is 0 Å². The average Bonchev–Trinajstić information content (AvgIpc) is 2.80. The van der Waals surface area contributed by atoms with Gasteiger partial charge in [-0.2, -0.15) is 0 Å². The van der Waals surface area contributed by atoms with Crippen LogP contribution in [-0.4, -0.2) is 30.0 Å². The first kappa shape index (κ1) is 13.5. The molecule has 1 aromatic heterocycles. The highest BCUT2D eigenvalue weighted by atomic mass is 32.1. The Bertz CT molecular complexity index is 405. The third-order valence-electron chi connectivity index (χ3n) is 3.42. The zero-order chi connectivity index (χ0) is 13.0. The Morgan fingerprint density at radius 2 is 2.50 bits per heavy atom. The predicted molar refractivity (Wildman–Crippen MR) is 73.8 cm³/mol. The molecular formula is C13H21N3OS. The van der Waals surface area contributed by atoms with Crippen LogP contribution in [0.5, 0.6) is 0 Å². The molecule has 1 saturated heterocycles. The van der Waals surface area contributed by atoms with Crippen molar-refractivity contribution in [2.75, 3.05) is 13.1 Å². The summed E-state index contributed by atoms with van der Waals surface area (Å²) in [5.74, 6) is 0.639. The molecule has 2 atom stereocenters. The maximum atomic E-state index is 11.9. The fraction of sp³-hybridized carbons (Fsp3) is 0.692. The van der Waals surface area contributed by atoms with Gasteiger partial charge < -0.3 is 10.6 Å². The Hall–Kier alpha value is -0.940. The molecule has 18 heavy (non-hydrogen) atoms. The SMILES string of the molecule is CCc1nc(CC(=O)NC2CNCCC2C)cs1. The third kappa shape index (κ3) is 3.53. The summed E-state index contributed by atoms with van der Waals surface area (Å²) < 4.78 is 0. The van der Waals surface area contributed by atoms with Gasteiger partial charge in [0.15, 0.2) is 0 Å². The Morgan fingerprint density at radius 3 is 3.17 bits per heavy atom. The summed E-state index contributed by atoms with van der Waals surface area (Å²) in [7, 11) is 0. The first-order chi connectivity index (χ1) is 8.69. The number of aryl methyl sites for hydroxylation is 1. The summed E-state index contributed by atoms with van der Waals surface area (Å²) >= 11 is 1.63. The number of thiazole rings is 1. The van der Waals surface area contributed by atoms with Crippen molar-refractivity contribution in [1.29, 1.82) is 0 Å². The number of piperidine rings is 1. The molecule has 2 heterocycles. The lowest BCUT2D eigenvalue weighted by atomic mass is 9.95. The minimum atomic E-state index is 0.0866. The van der Waals surface area contributed by atoms with E-state index >= 15 is 0 Å². The van der Waals surface area contributed by atoms with E-state index in [0.29, 0.717) is 12.3 Å². The first-order valence-corrected chi connectivity index (χ1v) is 7.50. The van der Waals surface area contributed by atoms with E-state index in [-0.39, 0.29) is 11.9 Å². The number of hydrogen-bond acceptors (Lipinski definition) is 4. The van der Waals surface area contributed by atoms with Crippen LogP contribution in [0, 0.1) is 5.92 Å². The molecule has 2 rings (SSSR count). The van der Waals surface area contributed by atoms with Crippen LogP contribution in [0.1, 0.15) is 31.0 Å². The molecule has 1 aliphatic heterocycles. The van der Waals surface area contributed by atoms with E-state index in [1.54, 1.807) is 11.3 Å². The molecule has 1 aliphatic rings. The van der Waals surface area contributed by atoms with Crippen molar-refractivity contribution in [2.24, 2.45) is 5.92 Å².